The first-order valence-electron chi connectivity index (χ1n) is 6.65. The van der Waals surface area contributed by atoms with Crippen LogP contribution in [0, 0.1) is 13.8 Å². The summed E-state index contributed by atoms with van der Waals surface area (Å²) in [7, 11) is 0. The average Bonchev–Trinajstić information content (AvgIpc) is 3.01. The van der Waals surface area contributed by atoms with Gasteiger partial charge in [-0.25, -0.2) is 0 Å². The predicted octanol–water partition coefficient (Wildman–Crippen LogP) is 3.28. The number of benzene rings is 1. The van der Waals surface area contributed by atoms with Crippen LogP contribution in [0.5, 0.6) is 0 Å². The minimum absolute atomic E-state index is 0.0845. The van der Waals surface area contributed by atoms with Crippen LogP contribution < -0.4 is 5.32 Å². The molecule has 104 valence electrons. The number of fused-ring (bicyclic) bond motifs is 1. The van der Waals surface area contributed by atoms with Crippen molar-refractivity contribution in [3.8, 4) is 0 Å². The molecule has 1 aromatic carbocycles. The molecule has 3 aromatic rings. The Bertz CT molecular complexity index is 730. The lowest BCUT2D eigenvalue weighted by atomic mass is 10.1. The summed E-state index contributed by atoms with van der Waals surface area (Å²) in [5.74, 6) is 2.18. The summed E-state index contributed by atoms with van der Waals surface area (Å²) < 4.78 is 10.9. The topological polar surface area (TPSA) is 64.1 Å². The van der Waals surface area contributed by atoms with Gasteiger partial charge in [0.05, 0.1) is 12.6 Å². The zero-order valence-corrected chi connectivity index (χ0v) is 11.8. The van der Waals surface area contributed by atoms with Crippen molar-refractivity contribution < 1.29 is 8.94 Å². The van der Waals surface area contributed by atoms with E-state index in [0.717, 1.165) is 16.7 Å². The Morgan fingerprint density at radius 1 is 1.25 bits per heavy atom. The van der Waals surface area contributed by atoms with Crippen LogP contribution in [0.15, 0.2) is 33.2 Å². The monoisotopic (exact) mass is 271 g/mol. The molecular formula is C15H17N3O2. The van der Waals surface area contributed by atoms with Gasteiger partial charge in [-0.1, -0.05) is 23.4 Å². The number of hydrogen-bond acceptors (Lipinski definition) is 5. The SMILES string of the molecule is Cc1nc(CN[C@@H](C)c2oc3ccccc3c2C)no1. The van der Waals surface area contributed by atoms with Crippen molar-refractivity contribution in [1.29, 1.82) is 0 Å². The third kappa shape index (κ3) is 2.32. The minimum atomic E-state index is 0.0845. The second-order valence-electron chi connectivity index (χ2n) is 4.92. The van der Waals surface area contributed by atoms with Gasteiger partial charge in [-0.2, -0.15) is 4.98 Å². The lowest BCUT2D eigenvalue weighted by Crippen LogP contribution is -2.19. The van der Waals surface area contributed by atoms with Gasteiger partial charge in [0.1, 0.15) is 11.3 Å². The third-order valence-electron chi connectivity index (χ3n) is 3.41. The van der Waals surface area contributed by atoms with Crippen LogP contribution in [0.25, 0.3) is 11.0 Å². The Morgan fingerprint density at radius 2 is 2.05 bits per heavy atom. The molecule has 1 N–H and O–H groups in total. The highest BCUT2D eigenvalue weighted by Crippen LogP contribution is 2.29. The summed E-state index contributed by atoms with van der Waals surface area (Å²) in [6, 6.07) is 8.15. The minimum Gasteiger partial charge on any atom is -0.459 e. The van der Waals surface area contributed by atoms with Crippen molar-refractivity contribution in [2.45, 2.75) is 33.4 Å². The van der Waals surface area contributed by atoms with Crippen molar-refractivity contribution in [3.05, 3.63) is 47.3 Å². The molecule has 0 saturated heterocycles. The quantitative estimate of drug-likeness (QED) is 0.788. The van der Waals surface area contributed by atoms with Crippen LogP contribution in [0.2, 0.25) is 0 Å². The molecule has 5 heteroatoms. The van der Waals surface area contributed by atoms with Gasteiger partial charge >= 0.3 is 0 Å². The lowest BCUT2D eigenvalue weighted by molar-refractivity contribution is 0.381. The Kier molecular flexibility index (Phi) is 3.28. The van der Waals surface area contributed by atoms with E-state index < -0.39 is 0 Å². The molecule has 0 aliphatic heterocycles. The van der Waals surface area contributed by atoms with Gasteiger partial charge < -0.3 is 14.3 Å². The summed E-state index contributed by atoms with van der Waals surface area (Å²) >= 11 is 0. The Morgan fingerprint density at radius 3 is 2.75 bits per heavy atom. The fourth-order valence-corrected chi connectivity index (χ4v) is 2.36. The van der Waals surface area contributed by atoms with E-state index in [4.69, 9.17) is 8.94 Å². The van der Waals surface area contributed by atoms with Gasteiger partial charge in [-0.15, -0.1) is 0 Å². The summed E-state index contributed by atoms with van der Waals surface area (Å²) in [5.41, 5.74) is 2.09. The molecule has 0 saturated carbocycles. The molecule has 0 aliphatic carbocycles. The molecule has 0 radical (unpaired) electrons. The number of aryl methyl sites for hydroxylation is 2. The third-order valence-corrected chi connectivity index (χ3v) is 3.41. The van der Waals surface area contributed by atoms with E-state index in [2.05, 4.69) is 35.4 Å². The van der Waals surface area contributed by atoms with Gasteiger partial charge in [0, 0.05) is 12.3 Å². The van der Waals surface area contributed by atoms with Crippen molar-refractivity contribution in [2.75, 3.05) is 0 Å². The Labute approximate surface area is 117 Å². The number of para-hydroxylation sites is 1. The van der Waals surface area contributed by atoms with Gasteiger partial charge in [0.15, 0.2) is 5.82 Å². The van der Waals surface area contributed by atoms with E-state index in [1.54, 1.807) is 6.92 Å². The normalized spacial score (nSPS) is 12.9. The van der Waals surface area contributed by atoms with Crippen LogP contribution in [0.3, 0.4) is 0 Å². The van der Waals surface area contributed by atoms with Crippen LogP contribution in [-0.4, -0.2) is 10.1 Å². The molecule has 0 unspecified atom stereocenters. The molecule has 0 aliphatic rings. The molecule has 1 atom stereocenters. The van der Waals surface area contributed by atoms with E-state index in [1.807, 2.05) is 18.2 Å². The van der Waals surface area contributed by atoms with Gasteiger partial charge in [-0.05, 0) is 25.5 Å². The molecule has 5 nitrogen and oxygen atoms in total. The highest BCUT2D eigenvalue weighted by Gasteiger charge is 2.16. The Hall–Kier alpha value is -2.14. The lowest BCUT2D eigenvalue weighted by Gasteiger charge is -2.10. The van der Waals surface area contributed by atoms with Gasteiger partial charge in [0.2, 0.25) is 5.89 Å². The maximum absolute atomic E-state index is 5.93. The number of nitrogens with zero attached hydrogens (tertiary/aromatic N) is 2. The molecule has 2 heterocycles. The van der Waals surface area contributed by atoms with Crippen LogP contribution >= 0.6 is 0 Å². The predicted molar refractivity (Wildman–Crippen MR) is 75.2 cm³/mol. The van der Waals surface area contributed by atoms with E-state index in [0.29, 0.717) is 18.3 Å². The first-order valence-corrected chi connectivity index (χ1v) is 6.65. The van der Waals surface area contributed by atoms with E-state index in [9.17, 15) is 0 Å². The number of rotatable bonds is 4. The van der Waals surface area contributed by atoms with Crippen molar-refractivity contribution in [2.24, 2.45) is 0 Å². The molecule has 2 aromatic heterocycles. The van der Waals surface area contributed by atoms with E-state index >= 15 is 0 Å². The standard InChI is InChI=1S/C15H17N3O2/c1-9-12-6-4-5-7-13(12)19-15(9)10(2)16-8-14-17-11(3)20-18-14/h4-7,10,16H,8H2,1-3H3/t10-/m0/s1. The molecule has 20 heavy (non-hydrogen) atoms. The average molecular weight is 271 g/mol. The van der Waals surface area contributed by atoms with Crippen LogP contribution in [0.4, 0.5) is 0 Å². The fraction of sp³-hybridized carbons (Fsp3) is 0.333. The van der Waals surface area contributed by atoms with Crippen molar-refractivity contribution in [1.82, 2.24) is 15.5 Å². The smallest absolute Gasteiger partial charge is 0.223 e. The van der Waals surface area contributed by atoms with E-state index in [-0.39, 0.29) is 6.04 Å². The highest BCUT2D eigenvalue weighted by atomic mass is 16.5. The molecule has 0 bridgehead atoms. The summed E-state index contributed by atoms with van der Waals surface area (Å²) in [5, 5.41) is 8.38. The van der Waals surface area contributed by atoms with Crippen molar-refractivity contribution in [3.63, 3.8) is 0 Å². The van der Waals surface area contributed by atoms with Crippen molar-refractivity contribution >= 4 is 11.0 Å². The second-order valence-corrected chi connectivity index (χ2v) is 4.92. The van der Waals surface area contributed by atoms with Gasteiger partial charge in [0.25, 0.3) is 0 Å². The molecule has 0 fully saturated rings. The molecule has 3 rings (SSSR count). The summed E-state index contributed by atoms with van der Waals surface area (Å²) in [4.78, 5) is 4.17. The number of furan rings is 1. The summed E-state index contributed by atoms with van der Waals surface area (Å²) in [6.45, 7) is 6.48. The van der Waals surface area contributed by atoms with Crippen LogP contribution in [-0.2, 0) is 6.54 Å². The first-order chi connectivity index (χ1) is 9.65. The molecular weight excluding hydrogens is 254 g/mol. The number of nitrogens with one attached hydrogen (secondary N) is 1. The Balaban J connectivity index is 1.78. The van der Waals surface area contributed by atoms with Gasteiger partial charge in [-0.3, -0.25) is 0 Å². The summed E-state index contributed by atoms with van der Waals surface area (Å²) in [6.07, 6.45) is 0. The maximum Gasteiger partial charge on any atom is 0.223 e. The molecule has 0 amide bonds. The zero-order chi connectivity index (χ0) is 14.1. The number of hydrogen-bond donors (Lipinski definition) is 1. The number of aromatic nitrogens is 2. The highest BCUT2D eigenvalue weighted by molar-refractivity contribution is 5.82. The fourth-order valence-electron chi connectivity index (χ4n) is 2.36. The molecule has 0 spiro atoms. The largest absolute Gasteiger partial charge is 0.459 e. The first kappa shape index (κ1) is 12.9. The van der Waals surface area contributed by atoms with E-state index in [1.165, 1.54) is 5.56 Å². The second kappa shape index (κ2) is 5.09. The van der Waals surface area contributed by atoms with Crippen LogP contribution in [0.1, 0.15) is 36.0 Å². The zero-order valence-electron chi connectivity index (χ0n) is 11.8. The maximum atomic E-state index is 5.93.